The molecule has 2 N–H and O–H groups in total. The molecule has 0 spiro atoms. The number of halogens is 2. The molecule has 0 aliphatic heterocycles. The first kappa shape index (κ1) is 14.0. The van der Waals surface area contributed by atoms with Crippen LogP contribution >= 0.6 is 11.8 Å². The number of likely N-dealkylation sites (N-methyl/N-ethyl adjacent to an activating group) is 1. The van der Waals surface area contributed by atoms with Crippen LogP contribution in [0.25, 0.3) is 0 Å². The van der Waals surface area contributed by atoms with E-state index >= 15 is 0 Å². The summed E-state index contributed by atoms with van der Waals surface area (Å²) in [4.78, 5) is 10.9. The summed E-state index contributed by atoms with van der Waals surface area (Å²) in [7, 11) is 1.55. The average molecular weight is 264 g/mol. The van der Waals surface area contributed by atoms with E-state index in [0.29, 0.717) is 29.8 Å². The Morgan fingerprint density at radius 2 is 2.18 bits per heavy atom. The van der Waals surface area contributed by atoms with Gasteiger partial charge in [-0.1, -0.05) is 11.8 Å². The zero-order chi connectivity index (χ0) is 12.7. The Bertz CT molecular complexity index is 358. The lowest BCUT2D eigenvalue weighted by Crippen LogP contribution is -2.30. The third kappa shape index (κ3) is 5.69. The molecule has 1 aromatic rings. The van der Waals surface area contributed by atoms with Gasteiger partial charge in [0, 0.05) is 7.05 Å². The van der Waals surface area contributed by atoms with Crippen LogP contribution in [-0.4, -0.2) is 25.3 Å². The van der Waals surface area contributed by atoms with Crippen LogP contribution in [0.15, 0.2) is 16.5 Å². The smallest absolute Gasteiger partial charge is 0.284 e. The quantitative estimate of drug-likeness (QED) is 0.785. The summed E-state index contributed by atoms with van der Waals surface area (Å²) in [5, 5.41) is 5.34. The van der Waals surface area contributed by atoms with E-state index in [0.717, 1.165) is 0 Å². The summed E-state index contributed by atoms with van der Waals surface area (Å²) in [6.07, 6.45) is 0. The third-order valence-electron chi connectivity index (χ3n) is 1.93. The molecular weight excluding hydrogens is 250 g/mol. The van der Waals surface area contributed by atoms with Crippen LogP contribution in [0.5, 0.6) is 0 Å². The minimum Gasteiger partial charge on any atom is -0.464 e. The van der Waals surface area contributed by atoms with Crippen molar-refractivity contribution < 1.29 is 18.0 Å². The number of rotatable bonds is 7. The standard InChI is InChI=1S/C10H14F2N2O2S/c1-13-9(15)5-14-4-7-2-3-8(16-7)6-17-10(11)12/h2-3,10,14H,4-6H2,1H3,(H,13,15). The van der Waals surface area contributed by atoms with Gasteiger partial charge in [-0.25, -0.2) is 0 Å². The number of hydrogen-bond acceptors (Lipinski definition) is 4. The van der Waals surface area contributed by atoms with Crippen molar-refractivity contribution in [1.82, 2.24) is 10.6 Å². The number of hydrogen-bond donors (Lipinski definition) is 2. The molecule has 1 aromatic heterocycles. The van der Waals surface area contributed by atoms with E-state index in [-0.39, 0.29) is 18.2 Å². The van der Waals surface area contributed by atoms with Crippen molar-refractivity contribution in [3.8, 4) is 0 Å². The lowest BCUT2D eigenvalue weighted by Gasteiger charge is -2.01. The highest BCUT2D eigenvalue weighted by Crippen LogP contribution is 2.21. The lowest BCUT2D eigenvalue weighted by atomic mass is 10.4. The number of nitrogens with one attached hydrogen (secondary N) is 2. The Morgan fingerprint density at radius 3 is 2.82 bits per heavy atom. The molecule has 0 unspecified atom stereocenters. The zero-order valence-electron chi connectivity index (χ0n) is 9.33. The Balaban J connectivity index is 2.28. The molecule has 0 aliphatic rings. The molecule has 0 aliphatic carbocycles. The number of amides is 1. The molecule has 1 amide bonds. The number of furan rings is 1. The van der Waals surface area contributed by atoms with Crippen molar-refractivity contribution in [1.29, 1.82) is 0 Å². The van der Waals surface area contributed by atoms with Crippen LogP contribution in [0.3, 0.4) is 0 Å². The van der Waals surface area contributed by atoms with Gasteiger partial charge in [0.05, 0.1) is 18.8 Å². The summed E-state index contributed by atoms with van der Waals surface area (Å²) in [6.45, 7) is 0.588. The molecule has 0 radical (unpaired) electrons. The minimum absolute atomic E-state index is 0.120. The highest BCUT2D eigenvalue weighted by Gasteiger charge is 2.07. The molecule has 1 heterocycles. The van der Waals surface area contributed by atoms with Gasteiger partial charge in [-0.2, -0.15) is 8.78 Å². The topological polar surface area (TPSA) is 54.3 Å². The Labute approximate surface area is 102 Å². The van der Waals surface area contributed by atoms with Gasteiger partial charge >= 0.3 is 0 Å². The van der Waals surface area contributed by atoms with Crippen molar-refractivity contribution in [3.05, 3.63) is 23.7 Å². The third-order valence-corrected chi connectivity index (χ3v) is 2.64. The van der Waals surface area contributed by atoms with Gasteiger partial charge in [-0.3, -0.25) is 4.79 Å². The molecule has 0 bridgehead atoms. The first-order chi connectivity index (χ1) is 8.11. The van der Waals surface area contributed by atoms with Crippen LogP contribution in [0.2, 0.25) is 0 Å². The number of carbonyl (C=O) groups excluding carboxylic acids is 1. The molecule has 96 valence electrons. The number of alkyl halides is 2. The molecule has 0 saturated heterocycles. The molecule has 0 atom stereocenters. The second-order valence-corrected chi connectivity index (χ2v) is 4.19. The highest BCUT2D eigenvalue weighted by molar-refractivity contribution is 7.98. The molecular formula is C10H14F2N2O2S. The summed E-state index contributed by atoms with van der Waals surface area (Å²) < 4.78 is 29.1. The van der Waals surface area contributed by atoms with E-state index in [2.05, 4.69) is 10.6 Å². The van der Waals surface area contributed by atoms with E-state index in [1.165, 1.54) is 0 Å². The fourth-order valence-corrected chi connectivity index (χ4v) is 1.57. The summed E-state index contributed by atoms with van der Waals surface area (Å²) >= 11 is 0.518. The van der Waals surface area contributed by atoms with Crippen molar-refractivity contribution in [2.24, 2.45) is 0 Å². The zero-order valence-corrected chi connectivity index (χ0v) is 10.2. The predicted octanol–water partition coefficient (Wildman–Crippen LogP) is 1.57. The number of thioether (sulfide) groups is 1. The molecule has 0 fully saturated rings. The first-order valence-electron chi connectivity index (χ1n) is 5.00. The van der Waals surface area contributed by atoms with E-state index in [9.17, 15) is 13.6 Å². The Hall–Kier alpha value is -1.08. The summed E-state index contributed by atoms with van der Waals surface area (Å²) in [6, 6.07) is 3.37. The highest BCUT2D eigenvalue weighted by atomic mass is 32.2. The van der Waals surface area contributed by atoms with Gasteiger partial charge in [-0.15, -0.1) is 0 Å². The molecule has 17 heavy (non-hydrogen) atoms. The van der Waals surface area contributed by atoms with Crippen molar-refractivity contribution in [2.45, 2.75) is 18.1 Å². The van der Waals surface area contributed by atoms with Gasteiger partial charge in [-0.05, 0) is 12.1 Å². The van der Waals surface area contributed by atoms with Crippen LogP contribution in [-0.2, 0) is 17.1 Å². The van der Waals surface area contributed by atoms with Crippen molar-refractivity contribution in [2.75, 3.05) is 13.6 Å². The van der Waals surface area contributed by atoms with Crippen molar-refractivity contribution in [3.63, 3.8) is 0 Å². The van der Waals surface area contributed by atoms with Gasteiger partial charge < -0.3 is 15.1 Å². The lowest BCUT2D eigenvalue weighted by molar-refractivity contribution is -0.119. The van der Waals surface area contributed by atoms with E-state index in [1.54, 1.807) is 19.2 Å². The van der Waals surface area contributed by atoms with E-state index < -0.39 is 5.76 Å². The Kier molecular flexibility index (Phi) is 5.99. The maximum atomic E-state index is 11.9. The first-order valence-corrected chi connectivity index (χ1v) is 6.05. The summed E-state index contributed by atoms with van der Waals surface area (Å²) in [5.41, 5.74) is 0. The van der Waals surface area contributed by atoms with Gasteiger partial charge in [0.2, 0.25) is 5.91 Å². The van der Waals surface area contributed by atoms with Crippen molar-refractivity contribution >= 4 is 17.7 Å². The average Bonchev–Trinajstić information content (AvgIpc) is 2.74. The SMILES string of the molecule is CNC(=O)CNCc1ccc(CSC(F)F)o1. The Morgan fingerprint density at radius 1 is 1.47 bits per heavy atom. The van der Waals surface area contributed by atoms with E-state index in [4.69, 9.17) is 4.42 Å². The predicted molar refractivity (Wildman–Crippen MR) is 61.8 cm³/mol. The number of carbonyl (C=O) groups is 1. The fraction of sp³-hybridized carbons (Fsp3) is 0.500. The van der Waals surface area contributed by atoms with Crippen LogP contribution < -0.4 is 10.6 Å². The van der Waals surface area contributed by atoms with Crippen LogP contribution in [0.4, 0.5) is 8.78 Å². The molecule has 7 heteroatoms. The maximum absolute atomic E-state index is 11.9. The van der Waals surface area contributed by atoms with Crippen LogP contribution in [0, 0.1) is 0 Å². The fourth-order valence-electron chi connectivity index (χ4n) is 1.13. The second kappa shape index (κ2) is 7.29. The van der Waals surface area contributed by atoms with Crippen LogP contribution in [0.1, 0.15) is 11.5 Å². The monoisotopic (exact) mass is 264 g/mol. The maximum Gasteiger partial charge on any atom is 0.284 e. The minimum atomic E-state index is -2.39. The molecule has 4 nitrogen and oxygen atoms in total. The molecule has 0 saturated carbocycles. The molecule has 0 aromatic carbocycles. The normalized spacial score (nSPS) is 10.8. The largest absolute Gasteiger partial charge is 0.464 e. The van der Waals surface area contributed by atoms with Gasteiger partial charge in [0.15, 0.2) is 0 Å². The summed E-state index contributed by atoms with van der Waals surface area (Å²) in [5.74, 6) is -1.24. The van der Waals surface area contributed by atoms with E-state index in [1.807, 2.05) is 0 Å². The second-order valence-electron chi connectivity index (χ2n) is 3.22. The van der Waals surface area contributed by atoms with Gasteiger partial charge in [0.25, 0.3) is 5.76 Å². The molecule has 1 rings (SSSR count). The van der Waals surface area contributed by atoms with Gasteiger partial charge in [0.1, 0.15) is 11.5 Å².